The number of nitrogens with zero attached hydrogens (tertiary/aromatic N) is 1. The summed E-state index contributed by atoms with van der Waals surface area (Å²) in [4.78, 5) is 24.6. The Bertz CT molecular complexity index is 1340. The van der Waals surface area contributed by atoms with Gasteiger partial charge < -0.3 is 15.4 Å². The fraction of sp³-hybridized carbons (Fsp3) is 0.200. The van der Waals surface area contributed by atoms with Crippen molar-refractivity contribution in [3.63, 3.8) is 0 Å². The molecule has 3 aromatic carbocycles. The second-order valence-electron chi connectivity index (χ2n) is 7.75. The molecule has 9 heteroatoms. The SMILES string of the molecule is CCC(=O)Nc1ccc(NC(=O)c2cc(S(=O)(=O)N3CCc4ccccc43)ccc2OC)cc1. The summed E-state index contributed by atoms with van der Waals surface area (Å²) in [5, 5.41) is 5.49. The number of carbonyl (C=O) groups is 2. The highest BCUT2D eigenvalue weighted by molar-refractivity contribution is 7.92. The van der Waals surface area contributed by atoms with Gasteiger partial charge in [0, 0.05) is 24.3 Å². The number of benzene rings is 3. The number of sulfonamides is 1. The third-order valence-corrected chi connectivity index (χ3v) is 7.40. The minimum atomic E-state index is -3.87. The van der Waals surface area contributed by atoms with Crippen molar-refractivity contribution in [3.05, 3.63) is 77.9 Å². The zero-order valence-electron chi connectivity index (χ0n) is 18.9. The van der Waals surface area contributed by atoms with Crippen LogP contribution in [-0.2, 0) is 21.2 Å². The lowest BCUT2D eigenvalue weighted by molar-refractivity contribution is -0.115. The molecule has 0 unspecified atom stereocenters. The van der Waals surface area contributed by atoms with E-state index in [0.717, 1.165) is 5.56 Å². The van der Waals surface area contributed by atoms with Crippen LogP contribution in [0, 0.1) is 0 Å². The van der Waals surface area contributed by atoms with Crippen LogP contribution >= 0.6 is 0 Å². The van der Waals surface area contributed by atoms with Gasteiger partial charge in [0.15, 0.2) is 0 Å². The normalized spacial score (nSPS) is 12.7. The van der Waals surface area contributed by atoms with E-state index in [1.807, 2.05) is 12.1 Å². The molecule has 0 bridgehead atoms. The second-order valence-corrected chi connectivity index (χ2v) is 9.61. The highest BCUT2D eigenvalue weighted by Crippen LogP contribution is 2.34. The van der Waals surface area contributed by atoms with Crippen molar-refractivity contribution in [1.82, 2.24) is 0 Å². The topological polar surface area (TPSA) is 105 Å². The summed E-state index contributed by atoms with van der Waals surface area (Å²) in [6.07, 6.45) is 0.994. The largest absolute Gasteiger partial charge is 0.496 e. The second kappa shape index (κ2) is 9.56. The third-order valence-electron chi connectivity index (χ3n) is 5.60. The molecule has 0 fully saturated rings. The van der Waals surface area contributed by atoms with Crippen molar-refractivity contribution in [3.8, 4) is 5.75 Å². The fourth-order valence-corrected chi connectivity index (χ4v) is 5.32. The Morgan fingerprint density at radius 2 is 1.65 bits per heavy atom. The molecule has 0 saturated heterocycles. The van der Waals surface area contributed by atoms with Crippen LogP contribution in [0.5, 0.6) is 5.75 Å². The lowest BCUT2D eigenvalue weighted by Crippen LogP contribution is -2.29. The summed E-state index contributed by atoms with van der Waals surface area (Å²) in [7, 11) is -2.45. The van der Waals surface area contributed by atoms with Gasteiger partial charge in [-0.15, -0.1) is 0 Å². The minimum Gasteiger partial charge on any atom is -0.496 e. The Kier molecular flexibility index (Phi) is 6.56. The lowest BCUT2D eigenvalue weighted by Gasteiger charge is -2.20. The molecule has 0 radical (unpaired) electrons. The molecule has 1 aliphatic heterocycles. The predicted molar refractivity (Wildman–Crippen MR) is 131 cm³/mol. The van der Waals surface area contributed by atoms with E-state index in [1.165, 1.54) is 29.6 Å². The summed E-state index contributed by atoms with van der Waals surface area (Å²) in [5.41, 5.74) is 2.82. The average molecular weight is 480 g/mol. The molecule has 0 atom stereocenters. The summed E-state index contributed by atoms with van der Waals surface area (Å²) in [6.45, 7) is 2.10. The van der Waals surface area contributed by atoms with Gasteiger partial charge >= 0.3 is 0 Å². The zero-order chi connectivity index (χ0) is 24.3. The number of rotatable bonds is 7. The van der Waals surface area contributed by atoms with Crippen LogP contribution < -0.4 is 19.7 Å². The van der Waals surface area contributed by atoms with E-state index >= 15 is 0 Å². The van der Waals surface area contributed by atoms with Crippen molar-refractivity contribution in [2.75, 3.05) is 28.6 Å². The number of hydrogen-bond acceptors (Lipinski definition) is 5. The maximum atomic E-state index is 13.4. The van der Waals surface area contributed by atoms with Crippen molar-refractivity contribution < 1.29 is 22.7 Å². The lowest BCUT2D eigenvalue weighted by atomic mass is 10.1. The standard InChI is InChI=1S/C25H25N3O5S/c1-3-24(29)26-18-8-10-19(11-9-18)27-25(30)21-16-20(12-13-23(21)33-2)34(31,32)28-15-14-17-6-4-5-7-22(17)28/h4-13,16H,3,14-15H2,1-2H3,(H,26,29)(H,27,30). The highest BCUT2D eigenvalue weighted by Gasteiger charge is 2.31. The highest BCUT2D eigenvalue weighted by atomic mass is 32.2. The Morgan fingerprint density at radius 3 is 2.32 bits per heavy atom. The van der Waals surface area contributed by atoms with Crippen LogP contribution in [0.2, 0.25) is 0 Å². The van der Waals surface area contributed by atoms with E-state index in [2.05, 4.69) is 10.6 Å². The number of anilines is 3. The third kappa shape index (κ3) is 4.60. The van der Waals surface area contributed by atoms with Gasteiger partial charge in [0.05, 0.1) is 23.3 Å². The fourth-order valence-electron chi connectivity index (χ4n) is 3.79. The maximum absolute atomic E-state index is 13.4. The molecule has 0 aliphatic carbocycles. The first-order valence-electron chi connectivity index (χ1n) is 10.8. The van der Waals surface area contributed by atoms with Crippen LogP contribution in [0.3, 0.4) is 0 Å². The first kappa shape index (κ1) is 23.3. The molecule has 1 aliphatic rings. The number of ether oxygens (including phenoxy) is 1. The van der Waals surface area contributed by atoms with Crippen LogP contribution in [0.1, 0.15) is 29.3 Å². The van der Waals surface area contributed by atoms with Gasteiger partial charge in [-0.05, 0) is 60.5 Å². The Hall–Kier alpha value is -3.85. The summed E-state index contributed by atoms with van der Waals surface area (Å²) in [6, 6.07) is 18.3. The van der Waals surface area contributed by atoms with Crippen molar-refractivity contribution in [2.24, 2.45) is 0 Å². The van der Waals surface area contributed by atoms with Gasteiger partial charge in [-0.2, -0.15) is 0 Å². The Labute approximate surface area is 198 Å². The zero-order valence-corrected chi connectivity index (χ0v) is 19.7. The minimum absolute atomic E-state index is 0.00720. The number of hydrogen-bond donors (Lipinski definition) is 2. The van der Waals surface area contributed by atoms with E-state index in [4.69, 9.17) is 4.74 Å². The monoisotopic (exact) mass is 479 g/mol. The molecule has 176 valence electrons. The summed E-state index contributed by atoms with van der Waals surface area (Å²) >= 11 is 0. The van der Waals surface area contributed by atoms with E-state index in [1.54, 1.807) is 43.3 Å². The molecular formula is C25H25N3O5S. The van der Waals surface area contributed by atoms with Crippen molar-refractivity contribution in [1.29, 1.82) is 0 Å². The number of carbonyl (C=O) groups excluding carboxylic acids is 2. The summed E-state index contributed by atoms with van der Waals surface area (Å²) < 4.78 is 33.5. The molecule has 3 aromatic rings. The molecule has 2 amide bonds. The van der Waals surface area contributed by atoms with E-state index in [9.17, 15) is 18.0 Å². The number of amides is 2. The van der Waals surface area contributed by atoms with E-state index in [0.29, 0.717) is 36.4 Å². The van der Waals surface area contributed by atoms with E-state index in [-0.39, 0.29) is 22.1 Å². The Morgan fingerprint density at radius 1 is 0.971 bits per heavy atom. The molecule has 1 heterocycles. The van der Waals surface area contributed by atoms with Gasteiger partial charge in [0.2, 0.25) is 5.91 Å². The molecule has 2 N–H and O–H groups in total. The maximum Gasteiger partial charge on any atom is 0.264 e. The molecule has 34 heavy (non-hydrogen) atoms. The first-order valence-corrected chi connectivity index (χ1v) is 12.3. The number of methoxy groups -OCH3 is 1. The predicted octanol–water partition coefficient (Wildman–Crippen LogP) is 4.05. The van der Waals surface area contributed by atoms with Gasteiger partial charge in [0.25, 0.3) is 15.9 Å². The molecule has 8 nitrogen and oxygen atoms in total. The molecular weight excluding hydrogens is 454 g/mol. The van der Waals surface area contributed by atoms with Crippen LogP contribution in [0.4, 0.5) is 17.1 Å². The van der Waals surface area contributed by atoms with Gasteiger partial charge in [-0.1, -0.05) is 25.1 Å². The molecule has 0 saturated carbocycles. The number of para-hydroxylation sites is 1. The number of fused-ring (bicyclic) bond motifs is 1. The molecule has 0 aromatic heterocycles. The van der Waals surface area contributed by atoms with Crippen molar-refractivity contribution in [2.45, 2.75) is 24.7 Å². The van der Waals surface area contributed by atoms with Crippen molar-refractivity contribution >= 4 is 38.9 Å². The van der Waals surface area contributed by atoms with E-state index < -0.39 is 15.9 Å². The molecule has 4 rings (SSSR count). The first-order chi connectivity index (χ1) is 16.3. The number of nitrogens with one attached hydrogen (secondary N) is 2. The molecule has 0 spiro atoms. The van der Waals surface area contributed by atoms with Gasteiger partial charge in [-0.3, -0.25) is 13.9 Å². The van der Waals surface area contributed by atoms with Crippen LogP contribution in [0.15, 0.2) is 71.6 Å². The van der Waals surface area contributed by atoms with Gasteiger partial charge in [0.1, 0.15) is 5.75 Å². The quantitative estimate of drug-likeness (QED) is 0.532. The van der Waals surface area contributed by atoms with Gasteiger partial charge in [-0.25, -0.2) is 8.42 Å². The van der Waals surface area contributed by atoms with Crippen LogP contribution in [-0.4, -0.2) is 33.9 Å². The van der Waals surface area contributed by atoms with Crippen LogP contribution in [0.25, 0.3) is 0 Å². The average Bonchev–Trinajstić information content (AvgIpc) is 3.30. The smallest absolute Gasteiger partial charge is 0.264 e. The summed E-state index contributed by atoms with van der Waals surface area (Å²) in [5.74, 6) is -0.369. The Balaban J connectivity index is 1.59.